The van der Waals surface area contributed by atoms with Gasteiger partial charge in [0.1, 0.15) is 5.75 Å². The van der Waals surface area contributed by atoms with Crippen molar-refractivity contribution in [3.63, 3.8) is 0 Å². The van der Waals surface area contributed by atoms with E-state index < -0.39 is 0 Å². The molecule has 0 aromatic heterocycles. The Morgan fingerprint density at radius 1 is 1.10 bits per heavy atom. The molecule has 0 radical (unpaired) electrons. The summed E-state index contributed by atoms with van der Waals surface area (Å²) < 4.78 is 5.28. The molecule has 0 unspecified atom stereocenters. The van der Waals surface area contributed by atoms with E-state index in [4.69, 9.17) is 4.74 Å². The second-order valence-corrected chi connectivity index (χ2v) is 6.12. The van der Waals surface area contributed by atoms with Gasteiger partial charge in [0.15, 0.2) is 0 Å². The second kappa shape index (κ2) is 6.49. The monoisotopic (exact) mass is 274 g/mol. The van der Waals surface area contributed by atoms with Crippen LogP contribution >= 0.6 is 0 Å². The van der Waals surface area contributed by atoms with Crippen molar-refractivity contribution in [3.05, 3.63) is 24.3 Å². The molecule has 0 bridgehead atoms. The Hall–Kier alpha value is -1.22. The number of benzene rings is 1. The molecule has 3 rings (SSSR count). The van der Waals surface area contributed by atoms with Crippen LogP contribution in [0.3, 0.4) is 0 Å². The Bertz CT molecular complexity index is 421. The fourth-order valence-electron chi connectivity index (χ4n) is 3.63. The minimum atomic E-state index is 0.611. The molecule has 110 valence electrons. The Labute approximate surface area is 122 Å². The van der Waals surface area contributed by atoms with Crippen LogP contribution in [0.25, 0.3) is 0 Å². The lowest BCUT2D eigenvalue weighted by molar-refractivity contribution is 0.159. The fourth-order valence-corrected chi connectivity index (χ4v) is 3.63. The number of rotatable bonds is 4. The summed E-state index contributed by atoms with van der Waals surface area (Å²) in [6.45, 7) is 2.51. The van der Waals surface area contributed by atoms with E-state index in [-0.39, 0.29) is 0 Å². The van der Waals surface area contributed by atoms with Gasteiger partial charge in [-0.1, -0.05) is 18.9 Å². The number of methoxy groups -OCH3 is 1. The van der Waals surface area contributed by atoms with E-state index in [1.807, 2.05) is 6.07 Å². The average molecular weight is 274 g/mol. The molecule has 3 nitrogen and oxygen atoms in total. The number of piperidine rings is 1. The van der Waals surface area contributed by atoms with Crippen molar-refractivity contribution < 1.29 is 4.74 Å². The number of likely N-dealkylation sites (tertiary alicyclic amines) is 1. The van der Waals surface area contributed by atoms with Crippen molar-refractivity contribution in [2.75, 3.05) is 25.5 Å². The van der Waals surface area contributed by atoms with Gasteiger partial charge in [-0.2, -0.15) is 0 Å². The fraction of sp³-hybridized carbons (Fsp3) is 0.647. The van der Waals surface area contributed by atoms with Crippen molar-refractivity contribution in [2.24, 2.45) is 0 Å². The van der Waals surface area contributed by atoms with Gasteiger partial charge >= 0.3 is 0 Å². The summed E-state index contributed by atoms with van der Waals surface area (Å²) in [7, 11) is 1.72. The molecule has 20 heavy (non-hydrogen) atoms. The van der Waals surface area contributed by atoms with Gasteiger partial charge in [0.05, 0.1) is 7.11 Å². The van der Waals surface area contributed by atoms with Crippen LogP contribution in [0.15, 0.2) is 24.3 Å². The van der Waals surface area contributed by atoms with Crippen molar-refractivity contribution in [1.82, 2.24) is 4.90 Å². The van der Waals surface area contributed by atoms with Crippen molar-refractivity contribution in [1.29, 1.82) is 0 Å². The molecular weight excluding hydrogens is 248 g/mol. The van der Waals surface area contributed by atoms with Crippen LogP contribution in [-0.4, -0.2) is 37.2 Å². The number of hydrogen-bond donors (Lipinski definition) is 1. The van der Waals surface area contributed by atoms with Crippen LogP contribution in [0.4, 0.5) is 5.69 Å². The second-order valence-electron chi connectivity index (χ2n) is 6.12. The lowest BCUT2D eigenvalue weighted by Gasteiger charge is -2.36. The first kappa shape index (κ1) is 13.7. The number of nitrogens with one attached hydrogen (secondary N) is 1. The molecule has 0 atom stereocenters. The quantitative estimate of drug-likeness (QED) is 0.909. The van der Waals surface area contributed by atoms with Crippen molar-refractivity contribution in [2.45, 2.75) is 50.6 Å². The molecule has 3 heteroatoms. The standard InChI is InChI=1S/C17H26N2O/c1-20-17-8-4-5-15(13-17)18-14-9-11-19(12-10-14)16-6-2-3-7-16/h4-5,8,13-14,16,18H,2-3,6-7,9-12H2,1H3. The Balaban J connectivity index is 1.50. The molecule has 2 fully saturated rings. The normalized spacial score (nSPS) is 22.1. The third-order valence-corrected chi connectivity index (χ3v) is 4.81. The summed E-state index contributed by atoms with van der Waals surface area (Å²) in [4.78, 5) is 2.72. The van der Waals surface area contributed by atoms with Gasteiger partial charge < -0.3 is 15.0 Å². The highest BCUT2D eigenvalue weighted by molar-refractivity contribution is 5.48. The van der Waals surface area contributed by atoms with Crippen LogP contribution in [0, 0.1) is 0 Å². The summed E-state index contributed by atoms with van der Waals surface area (Å²) in [6, 6.07) is 9.75. The summed E-state index contributed by atoms with van der Waals surface area (Å²) in [5.41, 5.74) is 1.18. The predicted molar refractivity (Wildman–Crippen MR) is 83.5 cm³/mol. The molecule has 1 saturated carbocycles. The van der Waals surface area contributed by atoms with Crippen LogP contribution in [0.2, 0.25) is 0 Å². The summed E-state index contributed by atoms with van der Waals surface area (Å²) in [5, 5.41) is 3.66. The zero-order valence-electron chi connectivity index (χ0n) is 12.5. The first-order valence-electron chi connectivity index (χ1n) is 8.00. The minimum Gasteiger partial charge on any atom is -0.497 e. The van der Waals surface area contributed by atoms with Gasteiger partial charge in [0.25, 0.3) is 0 Å². The lowest BCUT2D eigenvalue weighted by Crippen LogP contribution is -2.43. The third kappa shape index (κ3) is 3.26. The lowest BCUT2D eigenvalue weighted by atomic mass is 10.0. The van der Waals surface area contributed by atoms with Crippen LogP contribution < -0.4 is 10.1 Å². The van der Waals surface area contributed by atoms with Gasteiger partial charge in [-0.3, -0.25) is 0 Å². The zero-order chi connectivity index (χ0) is 13.8. The number of hydrogen-bond acceptors (Lipinski definition) is 3. The smallest absolute Gasteiger partial charge is 0.120 e. The Morgan fingerprint density at radius 3 is 2.55 bits per heavy atom. The topological polar surface area (TPSA) is 24.5 Å². The molecule has 1 aliphatic carbocycles. The highest BCUT2D eigenvalue weighted by Gasteiger charge is 2.26. The van der Waals surface area contributed by atoms with Crippen LogP contribution in [-0.2, 0) is 0 Å². The third-order valence-electron chi connectivity index (χ3n) is 4.81. The van der Waals surface area contributed by atoms with Crippen LogP contribution in [0.5, 0.6) is 5.75 Å². The average Bonchev–Trinajstić information content (AvgIpc) is 3.02. The predicted octanol–water partition coefficient (Wildman–Crippen LogP) is 3.51. The van der Waals surface area contributed by atoms with E-state index >= 15 is 0 Å². The Kier molecular flexibility index (Phi) is 4.46. The van der Waals surface area contributed by atoms with Crippen molar-refractivity contribution >= 4 is 5.69 Å². The molecule has 0 spiro atoms. The number of nitrogens with zero attached hydrogens (tertiary/aromatic N) is 1. The van der Waals surface area contributed by atoms with E-state index in [1.165, 1.54) is 57.3 Å². The van der Waals surface area contributed by atoms with Gasteiger partial charge in [-0.25, -0.2) is 0 Å². The molecule has 1 heterocycles. The molecule has 0 amide bonds. The minimum absolute atomic E-state index is 0.611. The molecule has 1 saturated heterocycles. The number of ether oxygens (including phenoxy) is 1. The molecule has 1 aliphatic heterocycles. The summed E-state index contributed by atoms with van der Waals surface area (Å²) in [6.07, 6.45) is 8.24. The largest absolute Gasteiger partial charge is 0.497 e. The van der Waals surface area contributed by atoms with Gasteiger partial charge in [-0.05, 0) is 37.8 Å². The number of anilines is 1. The van der Waals surface area contributed by atoms with Gasteiger partial charge in [0.2, 0.25) is 0 Å². The summed E-state index contributed by atoms with van der Waals surface area (Å²) in [5.74, 6) is 0.929. The van der Waals surface area contributed by atoms with E-state index in [0.717, 1.165) is 11.8 Å². The van der Waals surface area contributed by atoms with Gasteiger partial charge in [0, 0.05) is 36.9 Å². The van der Waals surface area contributed by atoms with Gasteiger partial charge in [-0.15, -0.1) is 0 Å². The highest BCUT2D eigenvalue weighted by Crippen LogP contribution is 2.27. The maximum Gasteiger partial charge on any atom is 0.120 e. The first-order valence-corrected chi connectivity index (χ1v) is 8.00. The maximum absolute atomic E-state index is 5.28. The van der Waals surface area contributed by atoms with E-state index in [9.17, 15) is 0 Å². The molecule has 2 aliphatic rings. The van der Waals surface area contributed by atoms with E-state index in [1.54, 1.807) is 7.11 Å². The summed E-state index contributed by atoms with van der Waals surface area (Å²) >= 11 is 0. The van der Waals surface area contributed by atoms with E-state index in [0.29, 0.717) is 6.04 Å². The highest BCUT2D eigenvalue weighted by atomic mass is 16.5. The molecule has 1 N–H and O–H groups in total. The first-order chi connectivity index (χ1) is 9.85. The maximum atomic E-state index is 5.28. The molecular formula is C17H26N2O. The van der Waals surface area contributed by atoms with Crippen LogP contribution in [0.1, 0.15) is 38.5 Å². The zero-order valence-corrected chi connectivity index (χ0v) is 12.5. The Morgan fingerprint density at radius 2 is 1.85 bits per heavy atom. The molecule has 1 aromatic carbocycles. The SMILES string of the molecule is COc1cccc(NC2CCN(C3CCCC3)CC2)c1. The van der Waals surface area contributed by atoms with E-state index in [2.05, 4.69) is 28.4 Å². The molecule has 1 aromatic rings. The van der Waals surface area contributed by atoms with Crippen molar-refractivity contribution in [3.8, 4) is 5.75 Å².